The van der Waals surface area contributed by atoms with Crippen LogP contribution in [0.25, 0.3) is 0 Å². The summed E-state index contributed by atoms with van der Waals surface area (Å²) in [6.07, 6.45) is 0. The van der Waals surface area contributed by atoms with Gasteiger partial charge in [-0.25, -0.2) is 0 Å². The zero-order valence-corrected chi connectivity index (χ0v) is 2.15. The second-order valence-electron chi connectivity index (χ2n) is 0.622. The molecule has 0 unspecified atom stereocenters. The molecule has 0 amide bonds. The van der Waals surface area contributed by atoms with Gasteiger partial charge in [0.15, 0.2) is 0 Å². The first kappa shape index (κ1) is 2.30. The van der Waals surface area contributed by atoms with Gasteiger partial charge in [-0.1, -0.05) is 0 Å². The molecule has 2 nitrogen and oxygen atoms in total. The van der Waals surface area contributed by atoms with Gasteiger partial charge in [0.05, 0.1) is 0 Å². The Morgan fingerprint density at radius 2 is 1.25 bits per heavy atom. The number of hydrogen-bond acceptors (Lipinski definition) is 2. The van der Waals surface area contributed by atoms with E-state index in [2.05, 4.69) is 10.3 Å². The van der Waals surface area contributed by atoms with Gasteiger partial charge in [-0.3, -0.25) is 0 Å². The summed E-state index contributed by atoms with van der Waals surface area (Å²) in [4.78, 5) is 0. The van der Waals surface area contributed by atoms with E-state index in [9.17, 15) is 0 Å². The molecule has 0 aliphatic carbocycles. The molecule has 1 rings (SSSR count). The van der Waals surface area contributed by atoms with Gasteiger partial charge in [0, 0.05) is 0 Å². The summed E-state index contributed by atoms with van der Waals surface area (Å²) in [5, 5.41) is 5.50. The molecule has 0 aromatic rings. The smallest absolute Gasteiger partial charge is 0.284 e. The summed E-state index contributed by atoms with van der Waals surface area (Å²) in [6, 6.07) is 0. The lowest BCUT2D eigenvalue weighted by atomic mass is 9.85. The fourth-order valence-corrected chi connectivity index (χ4v) is 0.0833. The van der Waals surface area contributed by atoms with Crippen LogP contribution in [-0.2, 0) is 0 Å². The molecule has 1 fully saturated rings. The van der Waals surface area contributed by atoms with E-state index in [-0.39, 0.29) is 0 Å². The highest BCUT2D eigenvalue weighted by atomic mass is 15.0. The van der Waals surface area contributed by atoms with Crippen LogP contribution < -0.4 is 10.3 Å². The van der Waals surface area contributed by atoms with Crippen molar-refractivity contribution in [3.05, 3.63) is 0 Å². The maximum absolute atomic E-state index is 2.75. The Hall–Kier alpha value is 0.0499. The fraction of sp³-hybridized carbons (Fsp3) is 0. The fourth-order valence-electron chi connectivity index (χ4n) is 0.0833. The Balaban J connectivity index is 2.00. The van der Waals surface area contributed by atoms with Crippen LogP contribution in [0.3, 0.4) is 0 Å². The van der Waals surface area contributed by atoms with E-state index >= 15 is 0 Å². The second-order valence-corrected chi connectivity index (χ2v) is 0.622. The topological polar surface area (TPSA) is 24.1 Å². The van der Waals surface area contributed by atoms with Gasteiger partial charge in [-0.2, -0.15) is 0 Å². The molecule has 0 bridgehead atoms. The van der Waals surface area contributed by atoms with E-state index in [4.69, 9.17) is 0 Å². The van der Waals surface area contributed by atoms with E-state index in [0.29, 0.717) is 0 Å². The largest absolute Gasteiger partial charge is 0.379 e. The summed E-state index contributed by atoms with van der Waals surface area (Å²) >= 11 is 0. The molecule has 0 aromatic heterocycles. The van der Waals surface area contributed by atoms with E-state index in [1.54, 1.807) is 15.1 Å². The number of hydrogen-bond donors (Lipinski definition) is 2. The third kappa shape index (κ3) is 0.138. The maximum atomic E-state index is 2.75. The van der Waals surface area contributed by atoms with Crippen LogP contribution in [-0.4, -0.2) is 15.1 Å². The van der Waals surface area contributed by atoms with Gasteiger partial charge in [0.25, 0.3) is 15.1 Å². The molecule has 2 N–H and O–H groups in total. The maximum Gasteiger partial charge on any atom is 0.284 e. The molecular formula is H2B2N2. The summed E-state index contributed by atoms with van der Waals surface area (Å²) < 4.78 is 0. The normalized spacial score (nSPS) is 20.0. The van der Waals surface area contributed by atoms with Gasteiger partial charge in [0.2, 0.25) is 0 Å². The summed E-state index contributed by atoms with van der Waals surface area (Å²) in [7, 11) is 3.50. The molecule has 0 atom stereocenters. The molecule has 0 saturated carbocycles. The molecule has 1 aliphatic heterocycles. The average Bonchev–Trinajstić information content (AvgIpc) is 0.722. The van der Waals surface area contributed by atoms with Gasteiger partial charge in [0.1, 0.15) is 0 Å². The van der Waals surface area contributed by atoms with Crippen LogP contribution >= 0.6 is 0 Å². The van der Waals surface area contributed by atoms with Crippen molar-refractivity contribution in [2.45, 2.75) is 0 Å². The molecule has 1 heterocycles. The monoisotopic (exact) mass is 52.0 g/mol. The first-order chi connectivity index (χ1) is 2.00. The molecule has 18 valence electrons. The van der Waals surface area contributed by atoms with Crippen molar-refractivity contribution in [1.82, 2.24) is 10.3 Å². The van der Waals surface area contributed by atoms with Crippen molar-refractivity contribution < 1.29 is 0 Å². The molecule has 4 heavy (non-hydrogen) atoms. The quantitative estimate of drug-likeness (QED) is 0.319. The highest BCUT2D eigenvalue weighted by Crippen LogP contribution is 1.46. The van der Waals surface area contributed by atoms with Crippen LogP contribution in [0.4, 0.5) is 0 Å². The minimum atomic E-state index is 1.75. The Morgan fingerprint density at radius 3 is 1.25 bits per heavy atom. The van der Waals surface area contributed by atoms with Crippen LogP contribution in [0, 0.1) is 0 Å². The zero-order valence-electron chi connectivity index (χ0n) is 2.15. The highest BCUT2D eigenvalue weighted by molar-refractivity contribution is 6.65. The predicted octanol–water partition coefficient (Wildman–Crippen LogP) is -1.75. The van der Waals surface area contributed by atoms with Crippen molar-refractivity contribution in [3.8, 4) is 0 Å². The zero-order chi connectivity index (χ0) is 2.83. The Morgan fingerprint density at radius 1 is 1.00 bits per heavy atom. The Bertz CT molecular complexity index is 12.0. The van der Waals surface area contributed by atoms with E-state index in [1.807, 2.05) is 0 Å². The molecule has 0 spiro atoms. The summed E-state index contributed by atoms with van der Waals surface area (Å²) in [5.41, 5.74) is 0. The number of nitrogens with one attached hydrogen (secondary N) is 2. The molecular weight excluding hydrogens is 49.6 g/mol. The van der Waals surface area contributed by atoms with Crippen LogP contribution in [0.2, 0.25) is 0 Å². The molecule has 1 saturated heterocycles. The highest BCUT2D eigenvalue weighted by Gasteiger charge is 1.98. The van der Waals surface area contributed by atoms with Crippen molar-refractivity contribution in [2.24, 2.45) is 0 Å². The van der Waals surface area contributed by atoms with Crippen molar-refractivity contribution >= 4 is 15.1 Å². The van der Waals surface area contributed by atoms with Crippen LogP contribution in [0.15, 0.2) is 0 Å². The van der Waals surface area contributed by atoms with Crippen molar-refractivity contribution in [1.29, 1.82) is 0 Å². The molecule has 0 aromatic carbocycles. The first-order valence-corrected chi connectivity index (χ1v) is 1.15. The Kier molecular flexibility index (Phi) is 0.449. The standard InChI is InChI=1S/B2H2N2/c1-3-2-4-1/h3-4H. The minimum absolute atomic E-state index is 1.75. The lowest BCUT2D eigenvalue weighted by Gasteiger charge is -2.07. The SMILES string of the molecule is [B]1N[B]N1. The predicted molar refractivity (Wildman–Crippen MR) is 17.8 cm³/mol. The van der Waals surface area contributed by atoms with Crippen LogP contribution in [0.1, 0.15) is 0 Å². The third-order valence-electron chi connectivity index (χ3n) is 0.333. The molecule has 4 heteroatoms. The summed E-state index contributed by atoms with van der Waals surface area (Å²) in [5.74, 6) is 0. The molecule has 2 radical (unpaired) electrons. The second kappa shape index (κ2) is 0.781. The van der Waals surface area contributed by atoms with E-state index in [0.717, 1.165) is 0 Å². The summed E-state index contributed by atoms with van der Waals surface area (Å²) in [6.45, 7) is 0. The minimum Gasteiger partial charge on any atom is -0.379 e. The first-order valence-electron chi connectivity index (χ1n) is 1.15. The number of rotatable bonds is 0. The van der Waals surface area contributed by atoms with Gasteiger partial charge >= 0.3 is 0 Å². The van der Waals surface area contributed by atoms with Gasteiger partial charge in [-0.05, 0) is 0 Å². The molecule has 1 aliphatic rings. The lowest BCUT2D eigenvalue weighted by Crippen LogP contribution is -2.55. The third-order valence-corrected chi connectivity index (χ3v) is 0.333. The van der Waals surface area contributed by atoms with Crippen molar-refractivity contribution in [3.63, 3.8) is 0 Å². The average molecular weight is 51.7 g/mol. The van der Waals surface area contributed by atoms with E-state index in [1.165, 1.54) is 0 Å². The van der Waals surface area contributed by atoms with Gasteiger partial charge in [-0.15, -0.1) is 0 Å². The lowest BCUT2D eigenvalue weighted by molar-refractivity contribution is 1.28. The van der Waals surface area contributed by atoms with Crippen LogP contribution in [0.5, 0.6) is 0 Å². The van der Waals surface area contributed by atoms with E-state index < -0.39 is 0 Å². The Labute approximate surface area is 26.5 Å². The van der Waals surface area contributed by atoms with Gasteiger partial charge < -0.3 is 10.3 Å². The van der Waals surface area contributed by atoms with Crippen molar-refractivity contribution in [2.75, 3.05) is 0 Å².